The van der Waals surface area contributed by atoms with Gasteiger partial charge in [-0.2, -0.15) is 9.36 Å². The van der Waals surface area contributed by atoms with Gasteiger partial charge in [0.15, 0.2) is 0 Å². The molecule has 182 valence electrons. The van der Waals surface area contributed by atoms with Crippen molar-refractivity contribution in [3.8, 4) is 5.69 Å². The van der Waals surface area contributed by atoms with Crippen molar-refractivity contribution in [2.45, 2.75) is 106 Å². The number of hydrogen-bond acceptors (Lipinski definition) is 4. The molecule has 0 atom stereocenters. The van der Waals surface area contributed by atoms with E-state index >= 15 is 0 Å². The number of tetrazole rings is 1. The first-order valence-corrected chi connectivity index (χ1v) is 13.6. The molecule has 2 heterocycles. The molecule has 32 heavy (non-hydrogen) atoms. The molecule has 0 saturated carbocycles. The maximum absolute atomic E-state index is 12.2. The van der Waals surface area contributed by atoms with Crippen molar-refractivity contribution < 1.29 is 0 Å². The van der Waals surface area contributed by atoms with Gasteiger partial charge in [0.25, 0.3) is 0 Å². The van der Waals surface area contributed by atoms with E-state index in [-0.39, 0.29) is 5.69 Å². The highest BCUT2D eigenvalue weighted by Gasteiger charge is 2.39. The zero-order chi connectivity index (χ0) is 23.9. The highest BCUT2D eigenvalue weighted by Crippen LogP contribution is 2.47. The molecule has 0 aromatic carbocycles. The van der Waals surface area contributed by atoms with E-state index in [2.05, 4.69) is 58.9 Å². The summed E-state index contributed by atoms with van der Waals surface area (Å²) in [6.45, 7) is 16.6. The molecule has 0 unspecified atom stereocenters. The molecule has 2 aromatic rings. The molecular formula is C26H46N4OS. The molecule has 2 aromatic heterocycles. The first-order chi connectivity index (χ1) is 15.1. The third-order valence-electron chi connectivity index (χ3n) is 7.79. The smallest absolute Gasteiger partial charge is 0.244 e. The molecule has 0 bridgehead atoms. The van der Waals surface area contributed by atoms with Gasteiger partial charge in [-0.15, -0.1) is 11.3 Å². The summed E-state index contributed by atoms with van der Waals surface area (Å²) in [6, 6.07) is 0. The fourth-order valence-electron chi connectivity index (χ4n) is 5.90. The molecule has 0 radical (unpaired) electrons. The van der Waals surface area contributed by atoms with Crippen LogP contribution in [0.5, 0.6) is 0 Å². The van der Waals surface area contributed by atoms with Gasteiger partial charge in [-0.3, -0.25) is 0 Å². The second-order valence-electron chi connectivity index (χ2n) is 10.5. The van der Waals surface area contributed by atoms with E-state index < -0.39 is 0 Å². The Labute approximate surface area is 199 Å². The molecule has 5 nitrogen and oxygen atoms in total. The lowest BCUT2D eigenvalue weighted by Crippen LogP contribution is -2.38. The maximum Gasteiger partial charge on any atom is 0.368 e. The third-order valence-corrected chi connectivity index (χ3v) is 8.73. The Balaban J connectivity index is 1.71. The number of thiophene rings is 1. The zero-order valence-corrected chi connectivity index (χ0v) is 22.6. The van der Waals surface area contributed by atoms with E-state index in [1.54, 1.807) is 18.4 Å². The molecule has 0 spiro atoms. The van der Waals surface area contributed by atoms with E-state index in [9.17, 15) is 4.79 Å². The van der Waals surface area contributed by atoms with Gasteiger partial charge in [0.1, 0.15) is 0 Å². The van der Waals surface area contributed by atoms with Gasteiger partial charge in [-0.05, 0) is 65.3 Å². The molecule has 0 aliphatic heterocycles. The number of aryl methyl sites for hydroxylation is 2. The van der Waals surface area contributed by atoms with Crippen molar-refractivity contribution in [2.24, 2.45) is 30.2 Å². The van der Waals surface area contributed by atoms with Crippen molar-refractivity contribution >= 4 is 11.3 Å². The fourth-order valence-corrected chi connectivity index (χ4v) is 6.78. The van der Waals surface area contributed by atoms with Crippen molar-refractivity contribution in [3.05, 3.63) is 26.3 Å². The summed E-state index contributed by atoms with van der Waals surface area (Å²) in [4.78, 5) is 13.5. The highest BCUT2D eigenvalue weighted by molar-refractivity contribution is 7.10. The van der Waals surface area contributed by atoms with Crippen LogP contribution in [0.2, 0.25) is 0 Å². The standard InChI is InChI=1S/C26H46N4OS/c1-19(2)26(20(3)4,21(5)6)17-15-13-11-9-10-12-14-16-23-22(7)32-18-24(23)30-25(31)29(8)27-28-30/h18-21H,9-17H2,1-8H3. The highest BCUT2D eigenvalue weighted by atomic mass is 32.1. The monoisotopic (exact) mass is 462 g/mol. The molecule has 0 saturated heterocycles. The van der Waals surface area contributed by atoms with Crippen molar-refractivity contribution in [3.63, 3.8) is 0 Å². The minimum atomic E-state index is -0.180. The van der Waals surface area contributed by atoms with Crippen LogP contribution >= 0.6 is 11.3 Å². The van der Waals surface area contributed by atoms with Gasteiger partial charge in [-0.25, -0.2) is 4.79 Å². The lowest BCUT2D eigenvalue weighted by atomic mass is 9.60. The molecule has 0 aliphatic carbocycles. The largest absolute Gasteiger partial charge is 0.368 e. The Morgan fingerprint density at radius 1 is 0.875 bits per heavy atom. The SMILES string of the molecule is Cc1scc(-n2nnn(C)c2=O)c1CCCCCCCCCC(C(C)C)(C(C)C)C(C)C. The van der Waals surface area contributed by atoms with Crippen LogP contribution in [0.25, 0.3) is 5.69 Å². The van der Waals surface area contributed by atoms with Crippen LogP contribution in [0.3, 0.4) is 0 Å². The lowest BCUT2D eigenvalue weighted by molar-refractivity contribution is 0.0356. The van der Waals surface area contributed by atoms with Crippen LogP contribution in [0.15, 0.2) is 10.2 Å². The molecule has 0 fully saturated rings. The topological polar surface area (TPSA) is 52.7 Å². The van der Waals surface area contributed by atoms with Crippen LogP contribution < -0.4 is 5.69 Å². The average Bonchev–Trinajstić information content (AvgIpc) is 3.24. The first kappa shape index (κ1) is 26.8. The minimum Gasteiger partial charge on any atom is -0.244 e. The normalized spacial score (nSPS) is 12.6. The summed E-state index contributed by atoms with van der Waals surface area (Å²) in [5, 5.41) is 9.91. The van der Waals surface area contributed by atoms with E-state index in [0.717, 1.165) is 36.3 Å². The number of nitrogens with zero attached hydrogens (tertiary/aromatic N) is 4. The Kier molecular flexibility index (Phi) is 10.2. The number of rotatable bonds is 14. The summed E-state index contributed by atoms with van der Waals surface area (Å²) in [5.41, 5.74) is 2.46. The van der Waals surface area contributed by atoms with Gasteiger partial charge in [0, 0.05) is 17.3 Å². The van der Waals surface area contributed by atoms with Crippen LogP contribution in [0, 0.1) is 30.1 Å². The molecule has 6 heteroatoms. The van der Waals surface area contributed by atoms with Gasteiger partial charge < -0.3 is 0 Å². The Hall–Kier alpha value is -1.43. The minimum absolute atomic E-state index is 0.180. The van der Waals surface area contributed by atoms with E-state index in [0.29, 0.717) is 5.41 Å². The van der Waals surface area contributed by atoms with Crippen molar-refractivity contribution in [2.75, 3.05) is 0 Å². The third kappa shape index (κ3) is 6.12. The summed E-state index contributed by atoms with van der Waals surface area (Å²) >= 11 is 1.69. The lowest BCUT2D eigenvalue weighted by Gasteiger charge is -2.45. The van der Waals surface area contributed by atoms with Gasteiger partial charge in [0.2, 0.25) is 0 Å². The number of unbranched alkanes of at least 4 members (excludes halogenated alkanes) is 6. The summed E-state index contributed by atoms with van der Waals surface area (Å²) in [6.07, 6.45) is 11.5. The number of aromatic nitrogens is 4. The zero-order valence-electron chi connectivity index (χ0n) is 21.8. The van der Waals surface area contributed by atoms with Crippen LogP contribution in [-0.2, 0) is 13.5 Å². The van der Waals surface area contributed by atoms with Crippen molar-refractivity contribution in [1.82, 2.24) is 19.8 Å². The van der Waals surface area contributed by atoms with E-state index in [1.165, 1.54) is 64.7 Å². The fraction of sp³-hybridized carbons (Fsp3) is 0.808. The number of hydrogen-bond donors (Lipinski definition) is 0. The summed E-state index contributed by atoms with van der Waals surface area (Å²) in [7, 11) is 1.64. The molecule has 0 N–H and O–H groups in total. The van der Waals surface area contributed by atoms with Crippen LogP contribution in [0.4, 0.5) is 0 Å². The average molecular weight is 463 g/mol. The Morgan fingerprint density at radius 2 is 1.41 bits per heavy atom. The second-order valence-corrected chi connectivity index (χ2v) is 11.6. The summed E-state index contributed by atoms with van der Waals surface area (Å²) < 4.78 is 2.72. The van der Waals surface area contributed by atoms with E-state index in [4.69, 9.17) is 0 Å². The molecule has 2 rings (SSSR count). The Morgan fingerprint density at radius 3 is 1.91 bits per heavy atom. The second kappa shape index (κ2) is 12.2. The van der Waals surface area contributed by atoms with Gasteiger partial charge in [-0.1, -0.05) is 80.1 Å². The quantitative estimate of drug-likeness (QED) is 0.285. The summed E-state index contributed by atoms with van der Waals surface area (Å²) in [5.74, 6) is 2.22. The predicted octanol–water partition coefficient (Wildman–Crippen LogP) is 6.95. The Bertz CT molecular complexity index is 853. The molecule has 0 amide bonds. The predicted molar refractivity (Wildman–Crippen MR) is 137 cm³/mol. The first-order valence-electron chi connectivity index (χ1n) is 12.7. The van der Waals surface area contributed by atoms with E-state index in [1.807, 2.05) is 5.38 Å². The molecular weight excluding hydrogens is 416 g/mol. The van der Waals surface area contributed by atoms with Crippen LogP contribution in [-0.4, -0.2) is 19.8 Å². The van der Waals surface area contributed by atoms with Crippen molar-refractivity contribution in [1.29, 1.82) is 0 Å². The van der Waals surface area contributed by atoms with Gasteiger partial charge in [0.05, 0.1) is 5.69 Å². The van der Waals surface area contributed by atoms with Gasteiger partial charge >= 0.3 is 5.69 Å². The maximum atomic E-state index is 12.2. The molecule has 0 aliphatic rings. The van der Waals surface area contributed by atoms with Crippen LogP contribution in [0.1, 0.15) is 103 Å².